The van der Waals surface area contributed by atoms with Crippen molar-refractivity contribution < 1.29 is 13.2 Å². The van der Waals surface area contributed by atoms with Crippen LogP contribution < -0.4 is 22.0 Å². The van der Waals surface area contributed by atoms with Gasteiger partial charge in [0.25, 0.3) is 5.56 Å². The minimum Gasteiger partial charge on any atom is -0.335 e. The summed E-state index contributed by atoms with van der Waals surface area (Å²) in [5.41, 5.74) is -3.72. The first kappa shape index (κ1) is 15.1. The molecule has 0 aliphatic rings. The third-order valence-electron chi connectivity index (χ3n) is 3.09. The number of H-pyrrole nitrogens is 1. The first-order valence-electron chi connectivity index (χ1n) is 6.03. The van der Waals surface area contributed by atoms with E-state index in [1.807, 2.05) is 0 Å². The minimum atomic E-state index is -4.94. The fourth-order valence-electron chi connectivity index (χ4n) is 2.09. The molecule has 0 aliphatic heterocycles. The zero-order chi connectivity index (χ0) is 16.9. The molecule has 3 N–H and O–H groups in total. The average Bonchev–Trinajstić information content (AvgIpc) is 2.81. The van der Waals surface area contributed by atoms with E-state index in [-0.39, 0.29) is 21.3 Å². The van der Waals surface area contributed by atoms with Crippen molar-refractivity contribution in [2.75, 3.05) is 5.84 Å². The Morgan fingerprint density at radius 3 is 2.48 bits per heavy atom. The average molecular weight is 344 g/mol. The number of nitrogen functional groups attached to an aromatic ring is 1. The second-order valence-electron chi connectivity index (χ2n) is 4.55. The molecule has 0 atom stereocenters. The van der Waals surface area contributed by atoms with Crippen molar-refractivity contribution in [2.24, 2.45) is 0 Å². The maximum atomic E-state index is 12.7. The van der Waals surface area contributed by atoms with Gasteiger partial charge in [0, 0.05) is 6.07 Å². The first-order valence-corrected chi connectivity index (χ1v) is 6.85. The molecule has 3 rings (SSSR count). The van der Waals surface area contributed by atoms with Gasteiger partial charge in [-0.15, -0.1) is 0 Å². The summed E-state index contributed by atoms with van der Waals surface area (Å²) in [7, 11) is 0. The van der Waals surface area contributed by atoms with E-state index < -0.39 is 23.1 Å². The van der Waals surface area contributed by atoms with Crippen LogP contribution in [0.5, 0.6) is 0 Å². The van der Waals surface area contributed by atoms with Gasteiger partial charge in [0.1, 0.15) is 0 Å². The lowest BCUT2D eigenvalue weighted by molar-refractivity contribution is -0.143. The molecule has 11 heteroatoms. The molecule has 0 spiro atoms. The predicted octanol–water partition coefficient (Wildman–Crippen LogP) is 0.635. The van der Waals surface area contributed by atoms with Crippen LogP contribution in [0.1, 0.15) is 5.69 Å². The van der Waals surface area contributed by atoms with Gasteiger partial charge in [-0.2, -0.15) is 13.2 Å². The van der Waals surface area contributed by atoms with Gasteiger partial charge < -0.3 is 10.8 Å². The summed E-state index contributed by atoms with van der Waals surface area (Å²) in [6, 6.07) is 4.35. The van der Waals surface area contributed by atoms with E-state index >= 15 is 0 Å². The highest BCUT2D eigenvalue weighted by Gasteiger charge is 2.35. The molecule has 0 amide bonds. The number of rotatable bonds is 1. The summed E-state index contributed by atoms with van der Waals surface area (Å²) < 4.78 is 39.1. The summed E-state index contributed by atoms with van der Waals surface area (Å²) in [5.74, 6) is 5.16. The molecule has 23 heavy (non-hydrogen) atoms. The molecule has 3 aromatic rings. The van der Waals surface area contributed by atoms with Gasteiger partial charge >= 0.3 is 16.7 Å². The Labute approximate surface area is 128 Å². The van der Waals surface area contributed by atoms with E-state index in [1.54, 1.807) is 0 Å². The van der Waals surface area contributed by atoms with Crippen LogP contribution in [0.3, 0.4) is 0 Å². The van der Waals surface area contributed by atoms with Gasteiger partial charge in [-0.25, -0.2) is 14.0 Å². The van der Waals surface area contributed by atoms with Crippen LogP contribution in [0.2, 0.25) is 0 Å². The Balaban J connectivity index is 2.31. The van der Waals surface area contributed by atoms with Gasteiger partial charge in [-0.3, -0.25) is 9.59 Å². The number of aromatic amines is 1. The van der Waals surface area contributed by atoms with Crippen molar-refractivity contribution in [3.05, 3.63) is 60.5 Å². The fourth-order valence-corrected chi connectivity index (χ4v) is 2.81. The molecule has 120 valence electrons. The van der Waals surface area contributed by atoms with E-state index in [9.17, 15) is 27.6 Å². The van der Waals surface area contributed by atoms with Crippen molar-refractivity contribution >= 4 is 21.6 Å². The van der Waals surface area contributed by atoms with E-state index in [4.69, 9.17) is 5.84 Å². The second-order valence-corrected chi connectivity index (χ2v) is 5.56. The van der Waals surface area contributed by atoms with E-state index in [0.717, 1.165) is 11.3 Å². The SMILES string of the molecule is Nn1c(C(F)(F)F)cc(=O)n(-c2ccc3sc(=O)[nH]c3c2)c1=O. The van der Waals surface area contributed by atoms with Gasteiger partial charge in [0.05, 0.1) is 15.9 Å². The summed E-state index contributed by atoms with van der Waals surface area (Å²) in [6.45, 7) is 0. The number of aromatic nitrogens is 3. The minimum absolute atomic E-state index is 0.00512. The number of fused-ring (bicyclic) bond motifs is 1. The predicted molar refractivity (Wildman–Crippen MR) is 77.5 cm³/mol. The molecule has 0 bridgehead atoms. The Hall–Kier alpha value is -2.82. The number of hydrogen-bond donors (Lipinski definition) is 2. The molecule has 0 unspecified atom stereocenters. The number of halogens is 3. The lowest BCUT2D eigenvalue weighted by Crippen LogP contribution is -2.45. The number of nitrogens with zero attached hydrogens (tertiary/aromatic N) is 2. The number of alkyl halides is 3. The monoisotopic (exact) mass is 344 g/mol. The molecule has 0 fully saturated rings. The van der Waals surface area contributed by atoms with Crippen LogP contribution >= 0.6 is 11.3 Å². The fraction of sp³-hybridized carbons (Fsp3) is 0.0833. The lowest BCUT2D eigenvalue weighted by atomic mass is 10.3. The smallest absolute Gasteiger partial charge is 0.335 e. The Kier molecular flexibility index (Phi) is 3.18. The Bertz CT molecular complexity index is 1090. The highest BCUT2D eigenvalue weighted by Crippen LogP contribution is 2.26. The maximum absolute atomic E-state index is 12.7. The Morgan fingerprint density at radius 2 is 1.83 bits per heavy atom. The van der Waals surface area contributed by atoms with Gasteiger partial charge in [0.15, 0.2) is 5.69 Å². The quantitative estimate of drug-likeness (QED) is 0.632. The standard InChI is InChI=1S/C12H7F3N4O3S/c13-12(14,15)8-4-9(20)18(11(22)19(8)16)5-1-2-7-6(3-5)17-10(21)23-7/h1-4H,16H2,(H,17,21). The van der Waals surface area contributed by atoms with Gasteiger partial charge in [-0.05, 0) is 18.2 Å². The Morgan fingerprint density at radius 1 is 1.13 bits per heavy atom. The van der Waals surface area contributed by atoms with Crippen LogP contribution in [-0.2, 0) is 6.18 Å². The van der Waals surface area contributed by atoms with E-state index in [0.29, 0.717) is 14.8 Å². The maximum Gasteiger partial charge on any atom is 0.433 e. The summed E-state index contributed by atoms with van der Waals surface area (Å²) in [4.78, 5) is 37.4. The van der Waals surface area contributed by atoms with Crippen LogP contribution in [0.25, 0.3) is 15.9 Å². The molecule has 2 aromatic heterocycles. The van der Waals surface area contributed by atoms with Crippen LogP contribution in [0, 0.1) is 0 Å². The normalized spacial score (nSPS) is 12.0. The zero-order valence-corrected chi connectivity index (χ0v) is 11.9. The summed E-state index contributed by atoms with van der Waals surface area (Å²) >= 11 is 0.918. The number of thiazole rings is 1. The van der Waals surface area contributed by atoms with E-state index in [1.165, 1.54) is 18.2 Å². The molecular weight excluding hydrogens is 337 g/mol. The van der Waals surface area contributed by atoms with Crippen molar-refractivity contribution in [2.45, 2.75) is 6.18 Å². The third kappa shape index (κ3) is 2.44. The van der Waals surface area contributed by atoms with Gasteiger partial charge in [-0.1, -0.05) is 11.3 Å². The highest BCUT2D eigenvalue weighted by atomic mass is 32.1. The molecule has 7 nitrogen and oxygen atoms in total. The van der Waals surface area contributed by atoms with Crippen LogP contribution in [0.15, 0.2) is 38.6 Å². The van der Waals surface area contributed by atoms with Crippen molar-refractivity contribution in [1.29, 1.82) is 0 Å². The molecule has 0 saturated carbocycles. The summed E-state index contributed by atoms with van der Waals surface area (Å²) in [5, 5.41) is 0. The van der Waals surface area contributed by atoms with Crippen molar-refractivity contribution in [3.63, 3.8) is 0 Å². The molecule has 1 aromatic carbocycles. The molecule has 0 saturated heterocycles. The first-order chi connectivity index (χ1) is 10.7. The van der Waals surface area contributed by atoms with Crippen molar-refractivity contribution in [1.82, 2.24) is 14.2 Å². The van der Waals surface area contributed by atoms with Crippen LogP contribution in [-0.4, -0.2) is 14.2 Å². The number of nitrogens with two attached hydrogens (primary N) is 1. The van der Waals surface area contributed by atoms with Crippen molar-refractivity contribution in [3.8, 4) is 5.69 Å². The van der Waals surface area contributed by atoms with Gasteiger partial charge in [0.2, 0.25) is 0 Å². The topological polar surface area (TPSA) is 103 Å². The molecular formula is C12H7F3N4O3S. The largest absolute Gasteiger partial charge is 0.433 e. The zero-order valence-electron chi connectivity index (χ0n) is 11.0. The number of hydrogen-bond acceptors (Lipinski definition) is 5. The van der Waals surface area contributed by atoms with E-state index in [2.05, 4.69) is 4.98 Å². The number of nitrogens with one attached hydrogen (secondary N) is 1. The molecule has 0 radical (unpaired) electrons. The number of benzene rings is 1. The summed E-state index contributed by atoms with van der Waals surface area (Å²) in [6.07, 6.45) is -4.94. The lowest BCUT2D eigenvalue weighted by Gasteiger charge is -2.13. The second kappa shape index (κ2) is 4.84. The molecule has 0 aliphatic carbocycles. The third-order valence-corrected chi connectivity index (χ3v) is 3.95. The van der Waals surface area contributed by atoms with Crippen LogP contribution in [0.4, 0.5) is 13.2 Å². The molecule has 2 heterocycles. The highest BCUT2D eigenvalue weighted by molar-refractivity contribution is 7.16.